The van der Waals surface area contributed by atoms with Crippen molar-refractivity contribution < 1.29 is 18.9 Å². The van der Waals surface area contributed by atoms with Crippen LogP contribution in [0.15, 0.2) is 121 Å². The van der Waals surface area contributed by atoms with Crippen LogP contribution in [0.25, 0.3) is 66.6 Å². The summed E-state index contributed by atoms with van der Waals surface area (Å²) in [6.07, 6.45) is 0. The highest BCUT2D eigenvalue weighted by atomic mass is 16.5. The van der Waals surface area contributed by atoms with Gasteiger partial charge in [-0.3, -0.25) is 0 Å². The number of ether oxygens (including phenoxy) is 4. The van der Waals surface area contributed by atoms with Crippen molar-refractivity contribution in [1.82, 2.24) is 19.9 Å². The molecule has 0 saturated carbocycles. The molecule has 0 fully saturated rings. The zero-order valence-electron chi connectivity index (χ0n) is 35.1. The van der Waals surface area contributed by atoms with Gasteiger partial charge in [0, 0.05) is 66.6 Å². The van der Waals surface area contributed by atoms with Gasteiger partial charge in [-0.1, -0.05) is 72.8 Å². The topological polar surface area (TPSA) is 94.3 Å². The smallest absolute Gasteiger partial charge is 0.126 e. The van der Waals surface area contributed by atoms with E-state index in [9.17, 15) is 0 Å². The largest absolute Gasteiger partial charge is 0.496 e. The van der Waals surface area contributed by atoms with Crippen LogP contribution >= 0.6 is 0 Å². The van der Waals surface area contributed by atoms with Gasteiger partial charge in [-0.15, -0.1) is 0 Å². The van der Waals surface area contributed by atoms with Crippen molar-refractivity contribution in [3.8, 4) is 45.3 Å². The minimum absolute atomic E-state index is 0.766. The molecule has 0 radical (unpaired) electrons. The molecule has 5 heterocycles. The second-order valence-electron chi connectivity index (χ2n) is 15.0. The third-order valence-electron chi connectivity index (χ3n) is 11.8. The highest BCUT2D eigenvalue weighted by Gasteiger charge is 2.26. The van der Waals surface area contributed by atoms with Crippen LogP contribution in [-0.2, 0) is 0 Å². The minimum atomic E-state index is 0.766. The first-order valence-electron chi connectivity index (χ1n) is 20.0. The lowest BCUT2D eigenvalue weighted by atomic mass is 9.95. The van der Waals surface area contributed by atoms with E-state index in [1.54, 1.807) is 28.4 Å². The number of benzene rings is 4. The van der Waals surface area contributed by atoms with Crippen LogP contribution in [0.1, 0.15) is 58.9 Å². The van der Waals surface area contributed by atoms with Gasteiger partial charge in [-0.2, -0.15) is 0 Å². The molecule has 4 aromatic carbocycles. The SMILES string of the molecule is COc1ccccc1C1=C(C)c2cc3[nH]c(cc4[nH]c(cc5nc(cc1n2)C(C)=C5c1ccccc1OC)c(C)c4-c1ccccc1OC)c(C)c3-c1ccccc1OC. The van der Waals surface area contributed by atoms with Crippen molar-refractivity contribution in [2.45, 2.75) is 27.7 Å². The van der Waals surface area contributed by atoms with E-state index in [2.05, 4.69) is 86.2 Å². The van der Waals surface area contributed by atoms with Gasteiger partial charge in [0.1, 0.15) is 23.0 Å². The van der Waals surface area contributed by atoms with Gasteiger partial charge in [0.2, 0.25) is 0 Å². The Hall–Kier alpha value is -7.32. The molecule has 0 amide bonds. The molecule has 0 atom stereocenters. The monoisotopic (exact) mass is 790 g/mol. The lowest BCUT2D eigenvalue weighted by Gasteiger charge is -2.11. The summed E-state index contributed by atoms with van der Waals surface area (Å²) in [4.78, 5) is 18.5. The number of nitrogens with one attached hydrogen (secondary N) is 2. The zero-order valence-corrected chi connectivity index (χ0v) is 35.1. The molecule has 2 aliphatic rings. The summed E-state index contributed by atoms with van der Waals surface area (Å²) in [7, 11) is 6.85. The Balaban J connectivity index is 1.48. The van der Waals surface area contributed by atoms with Crippen LogP contribution < -0.4 is 18.9 Å². The molecule has 2 aliphatic heterocycles. The Bertz CT molecular complexity index is 3090. The van der Waals surface area contributed by atoms with Crippen LogP contribution in [0.3, 0.4) is 0 Å². The molecule has 2 N–H and O–H groups in total. The first-order chi connectivity index (χ1) is 29.2. The Kier molecular flexibility index (Phi) is 9.84. The second-order valence-corrected chi connectivity index (χ2v) is 15.0. The number of hydrogen-bond donors (Lipinski definition) is 2. The lowest BCUT2D eigenvalue weighted by Crippen LogP contribution is -1.93. The van der Waals surface area contributed by atoms with E-state index < -0.39 is 0 Å². The normalized spacial score (nSPS) is 12.5. The number of hydrogen-bond acceptors (Lipinski definition) is 6. The number of fused-ring (bicyclic) bond motifs is 8. The van der Waals surface area contributed by atoms with Crippen LogP contribution in [0.4, 0.5) is 0 Å². The van der Waals surface area contributed by atoms with E-state index in [1.807, 2.05) is 72.8 Å². The summed E-state index contributed by atoms with van der Waals surface area (Å²) >= 11 is 0. The highest BCUT2D eigenvalue weighted by molar-refractivity contribution is 6.05. The molecule has 0 saturated heterocycles. The molecule has 3 aromatic heterocycles. The molecular weight excluding hydrogens is 745 g/mol. The van der Waals surface area contributed by atoms with Gasteiger partial charge in [-0.05, 0) is 98.5 Å². The van der Waals surface area contributed by atoms with Crippen LogP contribution in [0, 0.1) is 13.8 Å². The van der Waals surface area contributed by atoms with E-state index in [4.69, 9.17) is 28.9 Å². The molecule has 9 rings (SSSR count). The average molecular weight is 791 g/mol. The van der Waals surface area contributed by atoms with Crippen LogP contribution in [0.2, 0.25) is 0 Å². The molecule has 0 aliphatic carbocycles. The summed E-state index contributed by atoms with van der Waals surface area (Å²) < 4.78 is 23.8. The fourth-order valence-electron chi connectivity index (χ4n) is 8.78. The van der Waals surface area contributed by atoms with Gasteiger partial charge in [0.05, 0.1) is 51.2 Å². The molecule has 8 nitrogen and oxygen atoms in total. The van der Waals surface area contributed by atoms with Crippen molar-refractivity contribution in [3.63, 3.8) is 0 Å². The zero-order chi connectivity index (χ0) is 41.7. The maximum absolute atomic E-state index is 5.96. The third-order valence-corrected chi connectivity index (χ3v) is 11.8. The molecule has 8 bridgehead atoms. The van der Waals surface area contributed by atoms with E-state index in [0.717, 1.165) is 135 Å². The number of methoxy groups -OCH3 is 4. The summed E-state index contributed by atoms with van der Waals surface area (Å²) in [5.41, 5.74) is 19.0. The number of nitrogens with zero attached hydrogens (tertiary/aromatic N) is 2. The molecule has 60 heavy (non-hydrogen) atoms. The number of rotatable bonds is 8. The Morgan fingerprint density at radius 3 is 1.15 bits per heavy atom. The molecule has 8 heteroatoms. The summed E-state index contributed by atoms with van der Waals surface area (Å²) in [6.45, 7) is 8.56. The molecule has 7 aromatic rings. The van der Waals surface area contributed by atoms with Gasteiger partial charge in [0.25, 0.3) is 0 Å². The van der Waals surface area contributed by atoms with E-state index in [1.165, 1.54) is 0 Å². The first kappa shape index (κ1) is 38.2. The maximum Gasteiger partial charge on any atom is 0.126 e. The third kappa shape index (κ3) is 6.32. The van der Waals surface area contributed by atoms with Crippen molar-refractivity contribution in [1.29, 1.82) is 0 Å². The van der Waals surface area contributed by atoms with Gasteiger partial charge >= 0.3 is 0 Å². The van der Waals surface area contributed by atoms with Crippen molar-refractivity contribution >= 4 is 44.4 Å². The standard InChI is InChI=1S/C52H46N4O4/c1-29-37-25-42-50(34-18-10-14-22-46(34)58-6)31(3)39(54-42)27-44-52(36-20-12-16-24-48(36)60-8)32(4)40(56-44)28-43-51(35-19-11-15-23-47(35)59-7)30(2)38(55-43)26-41(53-37)49(29)33-17-9-13-21-45(33)57-5/h9-28,53-54H,1-8H3. The number of para-hydroxylation sites is 4. The van der Waals surface area contributed by atoms with Crippen molar-refractivity contribution in [3.05, 3.63) is 166 Å². The Morgan fingerprint density at radius 2 is 0.700 bits per heavy atom. The molecule has 0 unspecified atom stereocenters. The minimum Gasteiger partial charge on any atom is -0.496 e. The Morgan fingerprint density at radius 1 is 0.367 bits per heavy atom. The fraction of sp³-hybridized carbons (Fsp3) is 0.154. The summed E-state index contributed by atoms with van der Waals surface area (Å²) in [5, 5.41) is 0. The van der Waals surface area contributed by atoms with Crippen molar-refractivity contribution in [2.24, 2.45) is 0 Å². The van der Waals surface area contributed by atoms with Gasteiger partial charge in [0.15, 0.2) is 0 Å². The number of allylic oxidation sites excluding steroid dienone is 2. The average Bonchev–Trinajstić information content (AvgIpc) is 3.96. The summed E-state index contributed by atoms with van der Waals surface area (Å²) in [5.74, 6) is 3.10. The molecular formula is C52H46N4O4. The number of aromatic nitrogens is 4. The molecule has 298 valence electrons. The Labute approximate surface area is 349 Å². The predicted molar refractivity (Wildman–Crippen MR) is 244 cm³/mol. The fourth-order valence-corrected chi connectivity index (χ4v) is 8.78. The second kappa shape index (κ2) is 15.5. The quantitative estimate of drug-likeness (QED) is 0.159. The summed E-state index contributed by atoms with van der Waals surface area (Å²) in [6, 6.07) is 41.1. The van der Waals surface area contributed by atoms with E-state index in [0.29, 0.717) is 0 Å². The lowest BCUT2D eigenvalue weighted by molar-refractivity contribution is 0.413. The van der Waals surface area contributed by atoms with Gasteiger partial charge in [-0.25, -0.2) is 9.97 Å². The first-order valence-corrected chi connectivity index (χ1v) is 20.0. The molecule has 0 spiro atoms. The number of H-pyrrole nitrogens is 2. The van der Waals surface area contributed by atoms with Crippen molar-refractivity contribution in [2.75, 3.05) is 28.4 Å². The number of aromatic amines is 2. The van der Waals surface area contributed by atoms with Crippen LogP contribution in [-0.4, -0.2) is 48.4 Å². The highest BCUT2D eigenvalue weighted by Crippen LogP contribution is 2.45. The predicted octanol–water partition coefficient (Wildman–Crippen LogP) is 12.3. The van der Waals surface area contributed by atoms with E-state index in [-0.39, 0.29) is 0 Å². The van der Waals surface area contributed by atoms with E-state index >= 15 is 0 Å². The maximum atomic E-state index is 5.96. The van der Waals surface area contributed by atoms with Gasteiger partial charge < -0.3 is 28.9 Å². The number of aryl methyl sites for hydroxylation is 2. The van der Waals surface area contributed by atoms with Crippen LogP contribution in [0.5, 0.6) is 23.0 Å².